The zero-order chi connectivity index (χ0) is 13.4. The zero-order valence-corrected chi connectivity index (χ0v) is 12.2. The van der Waals surface area contributed by atoms with Crippen LogP contribution in [0.5, 0.6) is 0 Å². The molecule has 3 heteroatoms. The van der Waals surface area contributed by atoms with Crippen LogP contribution in [0.2, 0.25) is 0 Å². The molecule has 0 fully saturated rings. The van der Waals surface area contributed by atoms with Gasteiger partial charge in [0.15, 0.2) is 0 Å². The number of carbonyl (C=O) groups is 1. The molecule has 96 valence electrons. The van der Waals surface area contributed by atoms with Gasteiger partial charge < -0.3 is 4.90 Å². The molecule has 2 aromatic rings. The van der Waals surface area contributed by atoms with Gasteiger partial charge in [0.25, 0.3) is 0 Å². The van der Waals surface area contributed by atoms with E-state index in [1.807, 2.05) is 37.4 Å². The molecule has 0 spiro atoms. The zero-order valence-electron chi connectivity index (χ0n) is 10.6. The fourth-order valence-corrected chi connectivity index (χ4v) is 3.02. The van der Waals surface area contributed by atoms with Gasteiger partial charge in [-0.05, 0) is 35.7 Å². The van der Waals surface area contributed by atoms with Crippen LogP contribution in [0, 0.1) is 0 Å². The summed E-state index contributed by atoms with van der Waals surface area (Å²) in [5, 5.41) is 0. The first kappa shape index (κ1) is 12.4. The molecule has 0 saturated carbocycles. The molecule has 1 heterocycles. The van der Waals surface area contributed by atoms with Crippen molar-refractivity contribution in [2.24, 2.45) is 0 Å². The molecule has 3 rings (SSSR count). The predicted octanol–water partition coefficient (Wildman–Crippen LogP) is 3.75. The lowest BCUT2D eigenvalue weighted by Crippen LogP contribution is -2.24. The van der Waals surface area contributed by atoms with E-state index >= 15 is 0 Å². The Kier molecular flexibility index (Phi) is 3.15. The van der Waals surface area contributed by atoms with Crippen LogP contribution in [-0.4, -0.2) is 13.0 Å². The highest BCUT2D eigenvalue weighted by Gasteiger charge is 2.34. The van der Waals surface area contributed by atoms with Gasteiger partial charge in [-0.15, -0.1) is 0 Å². The molecule has 19 heavy (non-hydrogen) atoms. The van der Waals surface area contributed by atoms with Crippen molar-refractivity contribution in [1.82, 2.24) is 0 Å². The normalized spacial score (nSPS) is 17.7. The summed E-state index contributed by atoms with van der Waals surface area (Å²) in [7, 11) is 1.85. The monoisotopic (exact) mass is 315 g/mol. The van der Waals surface area contributed by atoms with Crippen molar-refractivity contribution >= 4 is 27.5 Å². The minimum Gasteiger partial charge on any atom is -0.315 e. The number of anilines is 1. The van der Waals surface area contributed by atoms with Gasteiger partial charge in [0.05, 0.1) is 5.92 Å². The van der Waals surface area contributed by atoms with Crippen molar-refractivity contribution in [2.45, 2.75) is 12.3 Å². The Labute approximate surface area is 121 Å². The molecule has 1 atom stereocenters. The van der Waals surface area contributed by atoms with Gasteiger partial charge in [-0.1, -0.05) is 46.3 Å². The van der Waals surface area contributed by atoms with E-state index in [2.05, 4.69) is 34.1 Å². The van der Waals surface area contributed by atoms with Crippen LogP contribution >= 0.6 is 15.9 Å². The second-order valence-corrected chi connectivity index (χ2v) is 5.76. The number of likely N-dealkylation sites (N-methyl/N-ethyl adjacent to an activating group) is 1. The largest absolute Gasteiger partial charge is 0.315 e. The van der Waals surface area contributed by atoms with E-state index in [0.29, 0.717) is 0 Å². The van der Waals surface area contributed by atoms with Crippen LogP contribution in [0.3, 0.4) is 0 Å². The molecular formula is C16H14BrNO. The molecule has 0 aromatic heterocycles. The molecule has 0 saturated heterocycles. The van der Waals surface area contributed by atoms with Crippen molar-refractivity contribution in [3.05, 3.63) is 64.1 Å². The van der Waals surface area contributed by atoms with Crippen LogP contribution < -0.4 is 4.90 Å². The Morgan fingerprint density at radius 1 is 1.16 bits per heavy atom. The lowest BCUT2D eigenvalue weighted by Gasteiger charge is -2.11. The second-order valence-electron chi connectivity index (χ2n) is 4.84. The van der Waals surface area contributed by atoms with E-state index in [4.69, 9.17) is 0 Å². The average Bonchev–Trinajstić information content (AvgIpc) is 2.65. The molecule has 1 amide bonds. The number of halogens is 1. The standard InChI is InChI=1S/C16H14BrNO/c1-18-15-8-7-12(17)10-13(15)14(16(18)19)9-11-5-3-2-4-6-11/h2-8,10,14H,9H2,1H3. The molecule has 2 aromatic carbocycles. The first-order valence-corrected chi connectivity index (χ1v) is 7.07. The summed E-state index contributed by atoms with van der Waals surface area (Å²) in [5.41, 5.74) is 3.34. The van der Waals surface area contributed by atoms with Crippen LogP contribution in [0.1, 0.15) is 17.0 Å². The number of rotatable bonds is 2. The fraction of sp³-hybridized carbons (Fsp3) is 0.188. The molecule has 0 radical (unpaired) electrons. The number of carbonyl (C=O) groups excluding carboxylic acids is 1. The van der Waals surface area contributed by atoms with Crippen molar-refractivity contribution in [3.63, 3.8) is 0 Å². The summed E-state index contributed by atoms with van der Waals surface area (Å²) in [6.07, 6.45) is 0.757. The van der Waals surface area contributed by atoms with E-state index in [9.17, 15) is 4.79 Å². The van der Waals surface area contributed by atoms with Crippen molar-refractivity contribution in [2.75, 3.05) is 11.9 Å². The summed E-state index contributed by atoms with van der Waals surface area (Å²) in [6.45, 7) is 0. The summed E-state index contributed by atoms with van der Waals surface area (Å²) < 4.78 is 1.02. The number of amides is 1. The second kappa shape index (κ2) is 4.82. The number of hydrogen-bond acceptors (Lipinski definition) is 1. The maximum atomic E-state index is 12.4. The van der Waals surface area contributed by atoms with E-state index in [1.54, 1.807) is 4.90 Å². The summed E-state index contributed by atoms with van der Waals surface area (Å²) in [4.78, 5) is 14.1. The third-order valence-electron chi connectivity index (χ3n) is 3.64. The number of hydrogen-bond donors (Lipinski definition) is 0. The molecular weight excluding hydrogens is 302 g/mol. The Morgan fingerprint density at radius 3 is 2.63 bits per heavy atom. The van der Waals surface area contributed by atoms with Crippen molar-refractivity contribution < 1.29 is 4.79 Å². The Balaban J connectivity index is 1.99. The number of nitrogens with zero attached hydrogens (tertiary/aromatic N) is 1. The van der Waals surface area contributed by atoms with Crippen LogP contribution in [0.15, 0.2) is 53.0 Å². The third kappa shape index (κ3) is 2.19. The van der Waals surface area contributed by atoms with Crippen molar-refractivity contribution in [1.29, 1.82) is 0 Å². The summed E-state index contributed by atoms with van der Waals surface area (Å²) in [5.74, 6) is 0.108. The molecule has 1 aliphatic heterocycles. The summed E-state index contributed by atoms with van der Waals surface area (Å²) >= 11 is 3.49. The van der Waals surface area contributed by atoms with E-state index in [1.165, 1.54) is 5.56 Å². The Bertz CT molecular complexity index is 624. The van der Waals surface area contributed by atoms with Gasteiger partial charge in [-0.3, -0.25) is 4.79 Å². The van der Waals surface area contributed by atoms with Crippen LogP contribution in [0.4, 0.5) is 5.69 Å². The van der Waals surface area contributed by atoms with Crippen LogP contribution in [-0.2, 0) is 11.2 Å². The van der Waals surface area contributed by atoms with Gasteiger partial charge in [0.2, 0.25) is 5.91 Å². The average molecular weight is 316 g/mol. The maximum Gasteiger partial charge on any atom is 0.234 e. The Morgan fingerprint density at radius 2 is 1.89 bits per heavy atom. The lowest BCUT2D eigenvalue weighted by atomic mass is 9.93. The van der Waals surface area contributed by atoms with E-state index in [0.717, 1.165) is 22.1 Å². The molecule has 2 nitrogen and oxygen atoms in total. The molecule has 0 aliphatic carbocycles. The lowest BCUT2D eigenvalue weighted by molar-refractivity contribution is -0.119. The smallest absolute Gasteiger partial charge is 0.234 e. The summed E-state index contributed by atoms with van der Waals surface area (Å²) in [6, 6.07) is 16.2. The SMILES string of the molecule is CN1C(=O)C(Cc2ccccc2)c2cc(Br)ccc21. The van der Waals surface area contributed by atoms with Gasteiger partial charge >= 0.3 is 0 Å². The highest BCUT2D eigenvalue weighted by atomic mass is 79.9. The third-order valence-corrected chi connectivity index (χ3v) is 4.13. The maximum absolute atomic E-state index is 12.4. The van der Waals surface area contributed by atoms with Gasteiger partial charge in [0.1, 0.15) is 0 Å². The molecule has 0 bridgehead atoms. The van der Waals surface area contributed by atoms with Crippen LogP contribution in [0.25, 0.3) is 0 Å². The van der Waals surface area contributed by atoms with Gasteiger partial charge in [-0.2, -0.15) is 0 Å². The Hall–Kier alpha value is -1.61. The molecule has 0 N–H and O–H groups in total. The predicted molar refractivity (Wildman–Crippen MR) is 80.4 cm³/mol. The van der Waals surface area contributed by atoms with Crippen molar-refractivity contribution in [3.8, 4) is 0 Å². The molecule has 1 aliphatic rings. The first-order chi connectivity index (χ1) is 9.16. The highest BCUT2D eigenvalue weighted by molar-refractivity contribution is 9.10. The molecule has 1 unspecified atom stereocenters. The van der Waals surface area contributed by atoms with E-state index < -0.39 is 0 Å². The number of fused-ring (bicyclic) bond motifs is 1. The topological polar surface area (TPSA) is 20.3 Å². The fourth-order valence-electron chi connectivity index (χ4n) is 2.64. The number of benzene rings is 2. The quantitative estimate of drug-likeness (QED) is 0.826. The van der Waals surface area contributed by atoms with Gasteiger partial charge in [-0.25, -0.2) is 0 Å². The van der Waals surface area contributed by atoms with E-state index in [-0.39, 0.29) is 11.8 Å². The first-order valence-electron chi connectivity index (χ1n) is 6.28. The minimum atomic E-state index is -0.0695. The minimum absolute atomic E-state index is 0.0695. The van der Waals surface area contributed by atoms with Gasteiger partial charge in [0, 0.05) is 17.2 Å². The highest BCUT2D eigenvalue weighted by Crippen LogP contribution is 2.39.